The third-order valence-corrected chi connectivity index (χ3v) is 2.37. The van der Waals surface area contributed by atoms with Crippen molar-refractivity contribution in [3.05, 3.63) is 33.8 Å². The summed E-state index contributed by atoms with van der Waals surface area (Å²) in [5.74, 6) is -1.22. The summed E-state index contributed by atoms with van der Waals surface area (Å²) in [6.45, 7) is 1.34. The number of benzene rings is 1. The molecule has 0 aliphatic heterocycles. The highest BCUT2D eigenvalue weighted by Crippen LogP contribution is 2.36. The third-order valence-electron chi connectivity index (χ3n) is 2.05. The molecule has 0 spiro atoms. The molecule has 0 saturated carbocycles. The summed E-state index contributed by atoms with van der Waals surface area (Å²) in [5, 5.41) is 8.57. The van der Waals surface area contributed by atoms with Crippen LogP contribution in [0.5, 0.6) is 0 Å². The Labute approximate surface area is 106 Å². The first-order valence-electron chi connectivity index (χ1n) is 4.79. The summed E-state index contributed by atoms with van der Waals surface area (Å²) in [5.41, 5.74) is -2.62. The zero-order valence-electron chi connectivity index (χ0n) is 9.14. The van der Waals surface area contributed by atoms with E-state index in [0.717, 1.165) is 6.07 Å². The molecule has 1 aromatic carbocycles. The number of hydrogen-bond donors (Lipinski definition) is 0. The number of alkyl halides is 3. The van der Waals surface area contributed by atoms with E-state index in [9.17, 15) is 18.0 Å². The maximum absolute atomic E-state index is 12.7. The second-order valence-electron chi connectivity index (χ2n) is 3.17. The van der Waals surface area contributed by atoms with Gasteiger partial charge in [0.25, 0.3) is 0 Å². The van der Waals surface area contributed by atoms with Gasteiger partial charge in [-0.05, 0) is 19.1 Å². The van der Waals surface area contributed by atoms with E-state index in [1.54, 1.807) is 0 Å². The summed E-state index contributed by atoms with van der Waals surface area (Å²) in [7, 11) is 0. The highest BCUT2D eigenvalue weighted by atomic mass is 35.5. The van der Waals surface area contributed by atoms with E-state index < -0.39 is 28.8 Å². The number of rotatable bonds is 2. The molecule has 0 aromatic heterocycles. The second kappa shape index (κ2) is 5.27. The van der Waals surface area contributed by atoms with Gasteiger partial charge in [-0.3, -0.25) is 0 Å². The molecule has 0 heterocycles. The molecule has 0 bridgehead atoms. The lowest BCUT2D eigenvalue weighted by atomic mass is 10.0. The van der Waals surface area contributed by atoms with Gasteiger partial charge in [-0.25, -0.2) is 4.79 Å². The molecule has 0 aliphatic rings. The largest absolute Gasteiger partial charge is 0.462 e. The Morgan fingerprint density at radius 3 is 2.56 bits per heavy atom. The van der Waals surface area contributed by atoms with Crippen LogP contribution in [0.3, 0.4) is 0 Å². The quantitative estimate of drug-likeness (QED) is 0.778. The average molecular weight is 278 g/mol. The summed E-state index contributed by atoms with van der Waals surface area (Å²) in [6, 6.07) is 3.05. The van der Waals surface area contributed by atoms with Crippen LogP contribution in [0.4, 0.5) is 13.2 Å². The molecule has 0 radical (unpaired) electrons. The standard InChI is InChI=1S/C11H7ClF3NO2/c1-2-18-10(17)9-6(5-16)8(12)4-3-7(9)11(13,14)15/h3-4H,2H2,1H3. The Kier molecular flexibility index (Phi) is 4.19. The van der Waals surface area contributed by atoms with Gasteiger partial charge < -0.3 is 4.74 Å². The molecule has 0 aliphatic carbocycles. The lowest BCUT2D eigenvalue weighted by molar-refractivity contribution is -0.138. The van der Waals surface area contributed by atoms with E-state index in [4.69, 9.17) is 16.9 Å². The minimum atomic E-state index is -4.77. The predicted molar refractivity (Wildman–Crippen MR) is 57.1 cm³/mol. The number of carbonyl (C=O) groups excluding carboxylic acids is 1. The van der Waals surface area contributed by atoms with Crippen LogP contribution in [0, 0.1) is 11.3 Å². The van der Waals surface area contributed by atoms with E-state index >= 15 is 0 Å². The van der Waals surface area contributed by atoms with E-state index in [1.807, 2.05) is 0 Å². The van der Waals surface area contributed by atoms with Gasteiger partial charge in [0.1, 0.15) is 6.07 Å². The summed E-state index contributed by atoms with van der Waals surface area (Å²) in [4.78, 5) is 11.5. The van der Waals surface area contributed by atoms with E-state index in [2.05, 4.69) is 4.74 Å². The molecule has 0 N–H and O–H groups in total. The molecule has 0 atom stereocenters. The molecular formula is C11H7ClF3NO2. The minimum Gasteiger partial charge on any atom is -0.462 e. The number of ether oxygens (including phenoxy) is 1. The number of hydrogen-bond acceptors (Lipinski definition) is 3. The van der Waals surface area contributed by atoms with E-state index in [1.165, 1.54) is 13.0 Å². The molecular weight excluding hydrogens is 271 g/mol. The van der Waals surface area contributed by atoms with Crippen molar-refractivity contribution in [2.75, 3.05) is 6.61 Å². The first kappa shape index (κ1) is 14.3. The van der Waals surface area contributed by atoms with Gasteiger partial charge in [0.15, 0.2) is 0 Å². The molecule has 0 fully saturated rings. The number of nitrogens with zero attached hydrogens (tertiary/aromatic N) is 1. The molecule has 7 heteroatoms. The maximum atomic E-state index is 12.7. The molecule has 0 saturated heterocycles. The van der Waals surface area contributed by atoms with Crippen molar-refractivity contribution in [3.63, 3.8) is 0 Å². The molecule has 3 nitrogen and oxygen atoms in total. The topological polar surface area (TPSA) is 50.1 Å². The number of nitriles is 1. The fraction of sp³-hybridized carbons (Fsp3) is 0.273. The van der Waals surface area contributed by atoms with E-state index in [0.29, 0.717) is 6.07 Å². The number of carbonyl (C=O) groups is 1. The second-order valence-corrected chi connectivity index (χ2v) is 3.58. The summed E-state index contributed by atoms with van der Waals surface area (Å²) >= 11 is 5.60. The fourth-order valence-corrected chi connectivity index (χ4v) is 1.54. The zero-order valence-corrected chi connectivity index (χ0v) is 9.89. The van der Waals surface area contributed by atoms with Crippen molar-refractivity contribution in [2.45, 2.75) is 13.1 Å². The minimum absolute atomic E-state index is 0.104. The third kappa shape index (κ3) is 2.74. The van der Waals surface area contributed by atoms with Crippen LogP contribution in [-0.2, 0) is 10.9 Å². The van der Waals surface area contributed by atoms with Crippen molar-refractivity contribution >= 4 is 17.6 Å². The van der Waals surface area contributed by atoms with Gasteiger partial charge in [-0.15, -0.1) is 0 Å². The van der Waals surface area contributed by atoms with Crippen LogP contribution in [0.2, 0.25) is 5.02 Å². The summed E-state index contributed by atoms with van der Waals surface area (Å²) < 4.78 is 42.7. The Hall–Kier alpha value is -1.74. The van der Waals surface area contributed by atoms with E-state index in [-0.39, 0.29) is 11.6 Å². The maximum Gasteiger partial charge on any atom is 0.417 e. The van der Waals surface area contributed by atoms with Gasteiger partial charge in [-0.2, -0.15) is 18.4 Å². The predicted octanol–water partition coefficient (Wildman–Crippen LogP) is 3.41. The van der Waals surface area contributed by atoms with Gasteiger partial charge in [0.05, 0.1) is 28.3 Å². The van der Waals surface area contributed by atoms with Gasteiger partial charge in [0.2, 0.25) is 0 Å². The molecule has 0 unspecified atom stereocenters. The number of halogens is 4. The lowest BCUT2D eigenvalue weighted by Crippen LogP contribution is -2.17. The Morgan fingerprint density at radius 1 is 1.50 bits per heavy atom. The van der Waals surface area contributed by atoms with Crippen molar-refractivity contribution in [1.29, 1.82) is 5.26 Å². The van der Waals surface area contributed by atoms with Gasteiger partial charge in [0, 0.05) is 0 Å². The van der Waals surface area contributed by atoms with Crippen molar-refractivity contribution in [1.82, 2.24) is 0 Å². The average Bonchev–Trinajstić information content (AvgIpc) is 2.27. The fourth-order valence-electron chi connectivity index (χ4n) is 1.34. The smallest absolute Gasteiger partial charge is 0.417 e. The normalized spacial score (nSPS) is 10.9. The molecule has 1 rings (SSSR count). The van der Waals surface area contributed by atoms with Crippen molar-refractivity contribution in [2.24, 2.45) is 0 Å². The van der Waals surface area contributed by atoms with Gasteiger partial charge >= 0.3 is 12.1 Å². The SMILES string of the molecule is CCOC(=O)c1c(C(F)(F)F)ccc(Cl)c1C#N. The van der Waals surface area contributed by atoms with Crippen LogP contribution in [-0.4, -0.2) is 12.6 Å². The van der Waals surface area contributed by atoms with Crippen molar-refractivity contribution < 1.29 is 22.7 Å². The van der Waals surface area contributed by atoms with Crippen LogP contribution >= 0.6 is 11.6 Å². The van der Waals surface area contributed by atoms with Crippen molar-refractivity contribution in [3.8, 4) is 6.07 Å². The first-order chi connectivity index (χ1) is 8.32. The Bertz CT molecular complexity index is 520. The Morgan fingerprint density at radius 2 is 2.11 bits per heavy atom. The monoisotopic (exact) mass is 277 g/mol. The Balaban J connectivity index is 3.56. The molecule has 0 amide bonds. The highest BCUT2D eigenvalue weighted by molar-refractivity contribution is 6.32. The van der Waals surface area contributed by atoms with Crippen LogP contribution < -0.4 is 0 Å². The first-order valence-corrected chi connectivity index (χ1v) is 5.17. The summed E-state index contributed by atoms with van der Waals surface area (Å²) in [6.07, 6.45) is -4.77. The van der Waals surface area contributed by atoms with Crippen LogP contribution in [0.15, 0.2) is 12.1 Å². The lowest BCUT2D eigenvalue weighted by Gasteiger charge is -2.13. The molecule has 96 valence electrons. The molecule has 18 heavy (non-hydrogen) atoms. The van der Waals surface area contributed by atoms with Crippen LogP contribution in [0.25, 0.3) is 0 Å². The molecule has 1 aromatic rings. The zero-order chi connectivity index (χ0) is 13.9. The van der Waals surface area contributed by atoms with Crippen LogP contribution in [0.1, 0.15) is 28.4 Å². The number of esters is 1. The van der Waals surface area contributed by atoms with Gasteiger partial charge in [-0.1, -0.05) is 11.6 Å². The highest BCUT2D eigenvalue weighted by Gasteiger charge is 2.37.